The van der Waals surface area contributed by atoms with E-state index < -0.39 is 34.9 Å². The summed E-state index contributed by atoms with van der Waals surface area (Å²) in [5.41, 5.74) is 5.97. The quantitative estimate of drug-likeness (QED) is 0.154. The molecule has 284 valence electrons. The molecule has 1 aromatic heterocycles. The van der Waals surface area contributed by atoms with E-state index in [0.29, 0.717) is 28.7 Å². The van der Waals surface area contributed by atoms with Crippen molar-refractivity contribution in [3.05, 3.63) is 106 Å². The number of halogens is 1. The molecule has 0 radical (unpaired) electrons. The number of hydrogen-bond acceptors (Lipinski definition) is 5. The number of nitrogens with zero attached hydrogens (tertiary/aromatic N) is 1. The summed E-state index contributed by atoms with van der Waals surface area (Å²) in [6, 6.07) is 9.08. The minimum Gasteiger partial charge on any atom is -0.465 e. The van der Waals surface area contributed by atoms with Crippen molar-refractivity contribution in [3.8, 4) is 5.75 Å². The molecule has 2 saturated carbocycles. The van der Waals surface area contributed by atoms with Gasteiger partial charge in [0.2, 0.25) is 0 Å². The highest BCUT2D eigenvalue weighted by atomic mass is 35.5. The maximum atomic E-state index is 14.9. The highest BCUT2D eigenvalue weighted by Gasteiger charge is 2.67. The maximum absolute atomic E-state index is 14.9. The predicted molar refractivity (Wildman–Crippen MR) is 215 cm³/mol. The number of hydrogen-bond donors (Lipinski definition) is 2. The molecule has 2 N–H and O–H groups in total. The van der Waals surface area contributed by atoms with E-state index in [4.69, 9.17) is 21.1 Å². The lowest BCUT2D eigenvalue weighted by Gasteiger charge is -2.64. The highest BCUT2D eigenvalue weighted by molar-refractivity contribution is 6.30. The van der Waals surface area contributed by atoms with E-state index in [1.807, 2.05) is 31.2 Å². The Kier molecular flexibility index (Phi) is 7.76. The van der Waals surface area contributed by atoms with Gasteiger partial charge in [0.1, 0.15) is 11.8 Å². The summed E-state index contributed by atoms with van der Waals surface area (Å²) in [6.07, 6.45) is 13.3. The summed E-state index contributed by atoms with van der Waals surface area (Å²) in [4.78, 5) is 14.9. The van der Waals surface area contributed by atoms with E-state index >= 15 is 0 Å². The smallest absolute Gasteiger partial charge is 0.192 e. The van der Waals surface area contributed by atoms with Gasteiger partial charge >= 0.3 is 0 Å². The number of carbonyl (C=O) groups excluding carboxylic acids is 1. The van der Waals surface area contributed by atoms with Gasteiger partial charge in [0.05, 0.1) is 40.8 Å². The van der Waals surface area contributed by atoms with Crippen LogP contribution in [0, 0.1) is 28.6 Å². The van der Waals surface area contributed by atoms with Crippen LogP contribution in [0.3, 0.4) is 0 Å². The Balaban J connectivity index is 1.18. The molecule has 0 spiro atoms. The molecular weight excluding hydrogens is 694 g/mol. The van der Waals surface area contributed by atoms with Gasteiger partial charge in [-0.1, -0.05) is 56.7 Å². The Morgan fingerprint density at radius 3 is 2.46 bits per heavy atom. The van der Waals surface area contributed by atoms with Gasteiger partial charge in [0.15, 0.2) is 5.78 Å². The first-order chi connectivity index (χ1) is 25.4. The number of allylic oxidation sites excluding steroid dienone is 3. The summed E-state index contributed by atoms with van der Waals surface area (Å²) >= 11 is 6.04. The summed E-state index contributed by atoms with van der Waals surface area (Å²) in [7, 11) is 0. The van der Waals surface area contributed by atoms with Crippen molar-refractivity contribution in [2.75, 3.05) is 0 Å². The summed E-state index contributed by atoms with van der Waals surface area (Å²) in [5, 5.41) is 25.8. The van der Waals surface area contributed by atoms with Gasteiger partial charge in [-0.3, -0.25) is 4.79 Å². The first-order valence-electron chi connectivity index (χ1n) is 19.9. The minimum atomic E-state index is -0.847. The van der Waals surface area contributed by atoms with Crippen LogP contribution >= 0.6 is 11.6 Å². The highest BCUT2D eigenvalue weighted by Crippen LogP contribution is 2.71. The molecule has 3 heterocycles. The van der Waals surface area contributed by atoms with Crippen LogP contribution in [0.5, 0.6) is 5.75 Å². The lowest BCUT2D eigenvalue weighted by Crippen LogP contribution is -2.62. The van der Waals surface area contributed by atoms with E-state index in [9.17, 15) is 15.0 Å². The normalized spacial score (nSPS) is 36.9. The maximum Gasteiger partial charge on any atom is 0.192 e. The summed E-state index contributed by atoms with van der Waals surface area (Å²) < 4.78 is 14.7. The lowest BCUT2D eigenvalue weighted by molar-refractivity contribution is -0.144. The van der Waals surface area contributed by atoms with Gasteiger partial charge in [0, 0.05) is 38.4 Å². The number of aliphatic hydroxyl groups excluding tert-OH is 2. The third-order valence-electron chi connectivity index (χ3n) is 15.3. The number of ketones is 1. The average Bonchev–Trinajstić information content (AvgIpc) is 3.76. The second-order valence-corrected chi connectivity index (χ2v) is 19.5. The zero-order valence-electron chi connectivity index (χ0n) is 32.9. The third kappa shape index (κ3) is 4.60. The van der Waals surface area contributed by atoms with E-state index in [1.165, 1.54) is 11.3 Å². The van der Waals surface area contributed by atoms with Crippen LogP contribution in [0.25, 0.3) is 16.5 Å². The van der Waals surface area contributed by atoms with Crippen molar-refractivity contribution in [1.82, 2.24) is 4.57 Å². The molecule has 6 nitrogen and oxygen atoms in total. The molecule has 9 atom stereocenters. The van der Waals surface area contributed by atoms with Crippen LogP contribution in [0.1, 0.15) is 126 Å². The third-order valence-corrected chi connectivity index (χ3v) is 15.5. The zero-order valence-corrected chi connectivity index (χ0v) is 33.7. The number of Topliss-reactive ketones (excluding diaryl/α,β-unsaturated/α-hetero) is 1. The Morgan fingerprint density at radius 2 is 1.76 bits per heavy atom. The van der Waals surface area contributed by atoms with Crippen LogP contribution in [-0.2, 0) is 16.6 Å². The summed E-state index contributed by atoms with van der Waals surface area (Å²) in [6.45, 7) is 21.9. The average molecular weight is 748 g/mol. The van der Waals surface area contributed by atoms with E-state index in [1.54, 1.807) is 18.4 Å². The molecule has 6 aliphatic rings. The summed E-state index contributed by atoms with van der Waals surface area (Å²) in [5.74, 6) is 1.10. The van der Waals surface area contributed by atoms with Crippen molar-refractivity contribution in [3.63, 3.8) is 0 Å². The van der Waals surface area contributed by atoms with Crippen LogP contribution in [0.15, 0.2) is 73.1 Å². The molecule has 0 bridgehead atoms. The Morgan fingerprint density at radius 1 is 1.04 bits per heavy atom. The van der Waals surface area contributed by atoms with Gasteiger partial charge in [0.25, 0.3) is 0 Å². The fourth-order valence-corrected chi connectivity index (χ4v) is 13.2. The Hall–Kier alpha value is -3.42. The SMILES string of the molecule is C=C(C)[C@H]1C(=O)c2c3c(cc4c5c(n1c24)[C@@]1(C)[C@@H](CC[C@H]2[C@](C)(/C=C/C=C/Oc4ccc(Cl)cc4)[C@@H](O)CC[C@@]21C)C5)C1=CC(C)(C)OC(C)(C)[C@H]1[C@@H]3O. The Labute approximate surface area is 324 Å². The molecule has 9 rings (SSSR count). The molecule has 7 heteroatoms. The number of aliphatic hydroxyl groups is 2. The fraction of sp³-hybridized carbons (Fsp3) is 0.511. The number of ether oxygens (including phenoxy) is 2. The van der Waals surface area contributed by atoms with Crippen molar-refractivity contribution >= 4 is 33.9 Å². The second kappa shape index (κ2) is 11.6. The molecule has 0 unspecified atom stereocenters. The molecule has 4 aliphatic carbocycles. The van der Waals surface area contributed by atoms with Gasteiger partial charge in [-0.05, 0) is 143 Å². The number of rotatable bonds is 5. The molecule has 0 saturated heterocycles. The topological polar surface area (TPSA) is 80.9 Å². The van der Waals surface area contributed by atoms with Crippen LogP contribution < -0.4 is 4.74 Å². The lowest BCUT2D eigenvalue weighted by atomic mass is 9.40. The molecule has 2 fully saturated rings. The largest absolute Gasteiger partial charge is 0.465 e. The molecule has 3 aromatic rings. The molecule has 54 heavy (non-hydrogen) atoms. The van der Waals surface area contributed by atoms with Crippen LogP contribution in [0.4, 0.5) is 0 Å². The second-order valence-electron chi connectivity index (χ2n) is 19.1. The number of aromatic nitrogens is 1. The molecule has 2 aromatic carbocycles. The standard InChI is InChI=1S/C47H54ClNO5/c1-25(2)38-41(52)36-35-29(32-24-43(3,4)54-44(5,6)37(32)40(35)51)23-30-31-22-26-12-17-33-45(7,19-10-11-21-53-28-15-13-27(48)14-16-28)34(50)18-20-46(33,8)47(26,9)42(31)49(38)39(30)36/h10-11,13-16,19,21,23-24,26,33-34,37-38,40,50-51H,1,12,17-18,20,22H2,2-9H3/b19-10+,21-11+/t26-,33-,34-,37+,38-,40+,45-,46-,47+/m0/s1. The number of carbonyl (C=O) groups is 1. The monoisotopic (exact) mass is 747 g/mol. The fourth-order valence-electron chi connectivity index (χ4n) is 13.0. The van der Waals surface area contributed by atoms with Crippen molar-refractivity contribution in [1.29, 1.82) is 0 Å². The molecular formula is C47H54ClNO5. The van der Waals surface area contributed by atoms with E-state index in [0.717, 1.165) is 58.9 Å². The predicted octanol–water partition coefficient (Wildman–Crippen LogP) is 10.4. The number of fused-ring (bicyclic) bond motifs is 11. The Bertz CT molecular complexity index is 2240. The molecule has 0 amide bonds. The van der Waals surface area contributed by atoms with E-state index in [-0.39, 0.29) is 28.4 Å². The number of benzene rings is 2. The van der Waals surface area contributed by atoms with Crippen molar-refractivity contribution in [2.45, 2.75) is 122 Å². The first-order valence-corrected chi connectivity index (χ1v) is 20.2. The van der Waals surface area contributed by atoms with Gasteiger partial charge < -0.3 is 24.3 Å². The zero-order chi connectivity index (χ0) is 38.5. The van der Waals surface area contributed by atoms with Gasteiger partial charge in [-0.2, -0.15) is 0 Å². The minimum absolute atomic E-state index is 0.0439. The van der Waals surface area contributed by atoms with Crippen LogP contribution in [0.2, 0.25) is 5.02 Å². The van der Waals surface area contributed by atoms with Gasteiger partial charge in [-0.25, -0.2) is 0 Å². The van der Waals surface area contributed by atoms with Crippen LogP contribution in [-0.4, -0.2) is 37.9 Å². The van der Waals surface area contributed by atoms with E-state index in [2.05, 4.69) is 77.8 Å². The van der Waals surface area contributed by atoms with Crippen molar-refractivity contribution < 1.29 is 24.5 Å². The molecule has 2 aliphatic heterocycles. The van der Waals surface area contributed by atoms with Gasteiger partial charge in [-0.15, -0.1) is 0 Å². The van der Waals surface area contributed by atoms with Crippen molar-refractivity contribution in [2.24, 2.45) is 28.6 Å². The first kappa shape index (κ1) is 36.2.